The van der Waals surface area contributed by atoms with E-state index in [0.29, 0.717) is 12.8 Å². The fourth-order valence-corrected chi connectivity index (χ4v) is 6.46. The molecule has 0 radical (unpaired) electrons. The van der Waals surface area contributed by atoms with Crippen LogP contribution in [0.15, 0.2) is 29.2 Å². The van der Waals surface area contributed by atoms with Gasteiger partial charge in [-0.25, -0.2) is 21.6 Å². The molecule has 116 valence electrons. The summed E-state index contributed by atoms with van der Waals surface area (Å²) in [5, 5.41) is 8.09. The number of carboxylic acid groups (broad SMARTS) is 1. The smallest absolute Gasteiger partial charge is 0.337 e. The Morgan fingerprint density at radius 3 is 2.29 bits per heavy atom. The summed E-state index contributed by atoms with van der Waals surface area (Å²) in [6, 6.07) is 5.25. The lowest BCUT2D eigenvalue weighted by Crippen LogP contribution is -2.31. The molecule has 0 amide bonds. The van der Waals surface area contributed by atoms with E-state index in [2.05, 4.69) is 0 Å². The average molecular weight is 332 g/mol. The van der Waals surface area contributed by atoms with Crippen molar-refractivity contribution in [3.8, 4) is 0 Å². The first kappa shape index (κ1) is 16.0. The maximum absolute atomic E-state index is 12.4. The van der Waals surface area contributed by atoms with E-state index >= 15 is 0 Å². The Morgan fingerprint density at radius 2 is 1.81 bits per heavy atom. The zero-order valence-electron chi connectivity index (χ0n) is 11.4. The second kappa shape index (κ2) is 5.42. The zero-order chi connectivity index (χ0) is 15.8. The number of carbonyl (C=O) groups is 1. The maximum Gasteiger partial charge on any atom is 0.337 e. The minimum Gasteiger partial charge on any atom is -0.478 e. The second-order valence-electron chi connectivity index (χ2n) is 5.29. The highest BCUT2D eigenvalue weighted by Gasteiger charge is 2.41. The molecule has 1 atom stereocenters. The highest BCUT2D eigenvalue weighted by molar-refractivity contribution is 7.95. The molecular formula is C13H16O6S2. The molecule has 1 aromatic rings. The van der Waals surface area contributed by atoms with Gasteiger partial charge in [0.2, 0.25) is 0 Å². The van der Waals surface area contributed by atoms with Gasteiger partial charge in [0.05, 0.1) is 21.5 Å². The van der Waals surface area contributed by atoms with Gasteiger partial charge in [-0.1, -0.05) is 12.1 Å². The summed E-state index contributed by atoms with van der Waals surface area (Å²) in [6.45, 7) is 0. The first-order valence-electron chi connectivity index (χ1n) is 6.37. The van der Waals surface area contributed by atoms with Gasteiger partial charge < -0.3 is 5.11 Å². The lowest BCUT2D eigenvalue weighted by atomic mass is 10.2. The number of sulfone groups is 2. The Bertz CT molecular complexity index is 760. The van der Waals surface area contributed by atoms with E-state index in [0.717, 1.165) is 6.26 Å². The number of carboxylic acids is 1. The largest absolute Gasteiger partial charge is 0.478 e. The molecule has 21 heavy (non-hydrogen) atoms. The van der Waals surface area contributed by atoms with Crippen LogP contribution in [0.5, 0.6) is 0 Å². The Kier molecular flexibility index (Phi) is 4.12. The lowest BCUT2D eigenvalue weighted by molar-refractivity contribution is 0.0692. The molecule has 1 fully saturated rings. The molecule has 0 bridgehead atoms. The van der Waals surface area contributed by atoms with E-state index in [-0.39, 0.29) is 16.4 Å². The molecule has 1 aliphatic rings. The fraction of sp³-hybridized carbons (Fsp3) is 0.462. The predicted molar refractivity (Wildman–Crippen MR) is 76.8 cm³/mol. The standard InChI is InChI=1S/C13H16O6S2/c1-20(16,17)12(9-6-7-9)8-21(18,19)11-5-3-2-4-10(11)13(14)15/h2-5,9,12H,6-8H2,1H3,(H,14,15)/t12-/m1/s1. The number of hydrogen-bond donors (Lipinski definition) is 1. The minimum atomic E-state index is -3.98. The third kappa shape index (κ3) is 3.62. The minimum absolute atomic E-state index is 0.147. The molecule has 1 aromatic carbocycles. The van der Waals surface area contributed by atoms with Crippen LogP contribution in [-0.2, 0) is 19.7 Å². The van der Waals surface area contributed by atoms with Crippen molar-refractivity contribution in [1.82, 2.24) is 0 Å². The molecule has 0 spiro atoms. The molecule has 0 aromatic heterocycles. The zero-order valence-corrected chi connectivity index (χ0v) is 13.0. The molecule has 0 unspecified atom stereocenters. The summed E-state index contributed by atoms with van der Waals surface area (Å²) in [5.74, 6) is -2.07. The average Bonchev–Trinajstić information content (AvgIpc) is 3.19. The number of benzene rings is 1. The quantitative estimate of drug-likeness (QED) is 0.832. The van der Waals surface area contributed by atoms with E-state index in [9.17, 15) is 21.6 Å². The molecule has 0 heterocycles. The first-order valence-corrected chi connectivity index (χ1v) is 9.97. The van der Waals surface area contributed by atoms with Gasteiger partial charge in [0.1, 0.15) is 0 Å². The highest BCUT2D eigenvalue weighted by Crippen LogP contribution is 2.37. The lowest BCUT2D eigenvalue weighted by Gasteiger charge is -2.15. The summed E-state index contributed by atoms with van der Waals surface area (Å²) in [6.07, 6.45) is 2.40. The van der Waals surface area contributed by atoms with Crippen LogP contribution in [0, 0.1) is 5.92 Å². The molecule has 2 rings (SSSR count). The van der Waals surface area contributed by atoms with Gasteiger partial charge in [-0.3, -0.25) is 0 Å². The van der Waals surface area contributed by atoms with E-state index in [1.54, 1.807) is 0 Å². The van der Waals surface area contributed by atoms with E-state index in [1.165, 1.54) is 24.3 Å². The van der Waals surface area contributed by atoms with Crippen molar-refractivity contribution in [2.45, 2.75) is 23.0 Å². The van der Waals surface area contributed by atoms with Gasteiger partial charge in [0.15, 0.2) is 19.7 Å². The van der Waals surface area contributed by atoms with Crippen LogP contribution in [0.25, 0.3) is 0 Å². The van der Waals surface area contributed by atoms with E-state index in [1.807, 2.05) is 0 Å². The Morgan fingerprint density at radius 1 is 1.24 bits per heavy atom. The Hall–Kier alpha value is -1.41. The number of aromatic carboxylic acids is 1. The SMILES string of the molecule is CS(=O)(=O)[C@H](CS(=O)(=O)c1ccccc1C(=O)O)C1CC1. The van der Waals surface area contributed by atoms with Crippen LogP contribution >= 0.6 is 0 Å². The third-order valence-electron chi connectivity index (χ3n) is 3.53. The summed E-state index contributed by atoms with van der Waals surface area (Å²) < 4.78 is 48.4. The second-order valence-corrected chi connectivity index (χ2v) is 9.56. The van der Waals surface area contributed by atoms with Gasteiger partial charge in [0.25, 0.3) is 0 Å². The third-order valence-corrected chi connectivity index (χ3v) is 7.22. The Labute approximate surface area is 123 Å². The number of rotatable bonds is 6. The fourth-order valence-electron chi connectivity index (χ4n) is 2.30. The summed E-state index contributed by atoms with van der Waals surface area (Å²) in [7, 11) is -7.49. The Balaban J connectivity index is 2.41. The van der Waals surface area contributed by atoms with Crippen molar-refractivity contribution in [2.75, 3.05) is 12.0 Å². The molecule has 0 aliphatic heterocycles. The highest BCUT2D eigenvalue weighted by atomic mass is 32.2. The van der Waals surface area contributed by atoms with Crippen LogP contribution in [0.4, 0.5) is 0 Å². The van der Waals surface area contributed by atoms with Crippen molar-refractivity contribution < 1.29 is 26.7 Å². The number of hydrogen-bond acceptors (Lipinski definition) is 5. The molecule has 8 heteroatoms. The summed E-state index contributed by atoms with van der Waals surface area (Å²) >= 11 is 0. The van der Waals surface area contributed by atoms with Gasteiger partial charge >= 0.3 is 5.97 Å². The van der Waals surface area contributed by atoms with Crippen molar-refractivity contribution in [1.29, 1.82) is 0 Å². The molecule has 1 saturated carbocycles. The van der Waals surface area contributed by atoms with Gasteiger partial charge in [-0.2, -0.15) is 0 Å². The maximum atomic E-state index is 12.4. The first-order chi connectivity index (χ1) is 9.63. The molecule has 1 aliphatic carbocycles. The van der Waals surface area contributed by atoms with Crippen LogP contribution in [0.2, 0.25) is 0 Å². The predicted octanol–water partition coefficient (Wildman–Crippen LogP) is 0.982. The van der Waals surface area contributed by atoms with E-state index < -0.39 is 36.6 Å². The molecule has 6 nitrogen and oxygen atoms in total. The van der Waals surface area contributed by atoms with Gasteiger partial charge in [-0.15, -0.1) is 0 Å². The topological polar surface area (TPSA) is 106 Å². The van der Waals surface area contributed by atoms with Crippen LogP contribution in [0.3, 0.4) is 0 Å². The van der Waals surface area contributed by atoms with Crippen LogP contribution in [0.1, 0.15) is 23.2 Å². The van der Waals surface area contributed by atoms with Crippen molar-refractivity contribution in [3.05, 3.63) is 29.8 Å². The van der Waals surface area contributed by atoms with Crippen LogP contribution in [-0.4, -0.2) is 45.2 Å². The normalized spacial score (nSPS) is 17.4. The van der Waals surface area contributed by atoms with Crippen molar-refractivity contribution in [2.24, 2.45) is 5.92 Å². The van der Waals surface area contributed by atoms with E-state index in [4.69, 9.17) is 5.11 Å². The summed E-state index contributed by atoms with van der Waals surface area (Å²) in [5.41, 5.74) is -0.333. The van der Waals surface area contributed by atoms with Crippen molar-refractivity contribution in [3.63, 3.8) is 0 Å². The monoisotopic (exact) mass is 332 g/mol. The summed E-state index contributed by atoms with van der Waals surface area (Å²) in [4.78, 5) is 10.8. The molecular weight excluding hydrogens is 316 g/mol. The van der Waals surface area contributed by atoms with Gasteiger partial charge in [0, 0.05) is 6.26 Å². The van der Waals surface area contributed by atoms with Crippen LogP contribution < -0.4 is 0 Å². The molecule has 1 N–H and O–H groups in total. The molecule has 0 saturated heterocycles. The van der Waals surface area contributed by atoms with Crippen molar-refractivity contribution >= 4 is 25.6 Å². The van der Waals surface area contributed by atoms with Gasteiger partial charge in [-0.05, 0) is 30.9 Å².